The molecule has 0 spiro atoms. The lowest BCUT2D eigenvalue weighted by Crippen LogP contribution is -2.26. The monoisotopic (exact) mass is 488 g/mol. The Balaban J connectivity index is 1.12. The Kier molecular flexibility index (Phi) is 7.13. The van der Waals surface area contributed by atoms with Crippen LogP contribution in [-0.4, -0.2) is 25.0 Å². The number of benzene rings is 4. The molecule has 4 aromatic rings. The van der Waals surface area contributed by atoms with Crippen molar-refractivity contribution < 1.29 is 14.3 Å². The fraction of sp³-hybridized carbons (Fsp3) is 0.125. The maximum absolute atomic E-state index is 12.8. The minimum Gasteiger partial charge on any atom is -0.449 e. The van der Waals surface area contributed by atoms with Crippen molar-refractivity contribution in [3.05, 3.63) is 131 Å². The van der Waals surface area contributed by atoms with Gasteiger partial charge in [-0.15, -0.1) is 0 Å². The standard InChI is InChI=1S/C32H28N2O3/c33-30-18-17-22(20-28(30)31(35)23-11-2-1-3-12-23)10-8-9-19-34-32(36)37-21-29-26-15-6-4-13-24(26)25-14-5-7-16-27(25)29/h1-8,10-18,20,29H,9,19,21,33H2,(H,34,36). The summed E-state index contributed by atoms with van der Waals surface area (Å²) in [6, 6.07) is 31.0. The molecule has 0 atom stereocenters. The van der Waals surface area contributed by atoms with Gasteiger partial charge in [-0.25, -0.2) is 4.79 Å². The summed E-state index contributed by atoms with van der Waals surface area (Å²) in [5, 5.41) is 2.81. The number of hydrogen-bond donors (Lipinski definition) is 2. The van der Waals surface area contributed by atoms with Crippen molar-refractivity contribution in [1.82, 2.24) is 5.32 Å². The van der Waals surface area contributed by atoms with Crippen LogP contribution in [0.3, 0.4) is 0 Å². The van der Waals surface area contributed by atoms with E-state index in [0.717, 1.165) is 5.56 Å². The normalized spacial score (nSPS) is 12.2. The van der Waals surface area contributed by atoms with E-state index in [1.807, 2.05) is 60.7 Å². The van der Waals surface area contributed by atoms with E-state index in [1.165, 1.54) is 22.3 Å². The minimum atomic E-state index is -0.432. The Morgan fingerprint density at radius 3 is 2.19 bits per heavy atom. The van der Waals surface area contributed by atoms with Crippen molar-refractivity contribution in [2.75, 3.05) is 18.9 Å². The smallest absolute Gasteiger partial charge is 0.407 e. The van der Waals surface area contributed by atoms with Crippen LogP contribution in [0.15, 0.2) is 103 Å². The van der Waals surface area contributed by atoms with Crippen molar-refractivity contribution in [3.63, 3.8) is 0 Å². The van der Waals surface area contributed by atoms with Crippen LogP contribution in [0.1, 0.15) is 45.0 Å². The van der Waals surface area contributed by atoms with Gasteiger partial charge in [-0.1, -0.05) is 97.1 Å². The van der Waals surface area contributed by atoms with Gasteiger partial charge in [-0.2, -0.15) is 0 Å². The van der Waals surface area contributed by atoms with Crippen LogP contribution in [0.4, 0.5) is 10.5 Å². The van der Waals surface area contributed by atoms with Gasteiger partial charge in [-0.05, 0) is 46.4 Å². The number of ketones is 1. The van der Waals surface area contributed by atoms with Crippen molar-refractivity contribution >= 4 is 23.6 Å². The van der Waals surface area contributed by atoms with Gasteiger partial charge in [0.05, 0.1) is 0 Å². The highest BCUT2D eigenvalue weighted by Crippen LogP contribution is 2.44. The average molecular weight is 489 g/mol. The van der Waals surface area contributed by atoms with Gasteiger partial charge in [0.1, 0.15) is 6.61 Å². The van der Waals surface area contributed by atoms with E-state index >= 15 is 0 Å². The Labute approximate surface area is 216 Å². The van der Waals surface area contributed by atoms with E-state index < -0.39 is 6.09 Å². The number of nitrogens with two attached hydrogens (primary N) is 1. The quantitative estimate of drug-likeness (QED) is 0.170. The van der Waals surface area contributed by atoms with Gasteiger partial charge in [-0.3, -0.25) is 4.79 Å². The van der Waals surface area contributed by atoms with Gasteiger partial charge in [0, 0.05) is 29.3 Å². The van der Waals surface area contributed by atoms with Crippen molar-refractivity contribution in [3.8, 4) is 11.1 Å². The van der Waals surface area contributed by atoms with E-state index in [9.17, 15) is 9.59 Å². The highest BCUT2D eigenvalue weighted by Gasteiger charge is 2.28. The molecule has 0 saturated heterocycles. The molecule has 0 bridgehead atoms. The second-order valence-corrected chi connectivity index (χ2v) is 8.99. The van der Waals surface area contributed by atoms with E-state index in [-0.39, 0.29) is 11.7 Å². The number of carbonyl (C=O) groups excluding carboxylic acids is 2. The first-order valence-electron chi connectivity index (χ1n) is 12.4. The molecule has 5 nitrogen and oxygen atoms in total. The number of anilines is 1. The molecule has 0 heterocycles. The first-order chi connectivity index (χ1) is 18.1. The van der Waals surface area contributed by atoms with E-state index in [0.29, 0.717) is 36.4 Å². The summed E-state index contributed by atoms with van der Waals surface area (Å²) in [6.07, 6.45) is 4.06. The van der Waals surface area contributed by atoms with Crippen LogP contribution in [-0.2, 0) is 4.74 Å². The lowest BCUT2D eigenvalue weighted by Gasteiger charge is -2.14. The van der Waals surface area contributed by atoms with Crippen LogP contribution >= 0.6 is 0 Å². The molecule has 0 aliphatic heterocycles. The molecular formula is C32H28N2O3. The summed E-state index contributed by atoms with van der Waals surface area (Å²) in [5.41, 5.74) is 13.2. The van der Waals surface area contributed by atoms with Crippen LogP contribution in [0.2, 0.25) is 0 Å². The van der Waals surface area contributed by atoms with Gasteiger partial charge in [0.15, 0.2) is 5.78 Å². The third-order valence-electron chi connectivity index (χ3n) is 6.59. The zero-order valence-electron chi connectivity index (χ0n) is 20.4. The first-order valence-corrected chi connectivity index (χ1v) is 12.4. The number of amides is 1. The number of hydrogen-bond acceptors (Lipinski definition) is 4. The number of ether oxygens (including phenoxy) is 1. The summed E-state index contributed by atoms with van der Waals surface area (Å²) in [4.78, 5) is 25.1. The molecule has 3 N–H and O–H groups in total. The summed E-state index contributed by atoms with van der Waals surface area (Å²) in [6.45, 7) is 0.733. The summed E-state index contributed by atoms with van der Waals surface area (Å²) in [7, 11) is 0. The maximum Gasteiger partial charge on any atom is 0.407 e. The number of rotatable bonds is 8. The Hall–Kier alpha value is -4.64. The van der Waals surface area contributed by atoms with Crippen LogP contribution < -0.4 is 11.1 Å². The molecule has 0 fully saturated rings. The van der Waals surface area contributed by atoms with Crippen molar-refractivity contribution in [1.29, 1.82) is 0 Å². The lowest BCUT2D eigenvalue weighted by molar-refractivity contribution is 0.103. The van der Waals surface area contributed by atoms with E-state index in [1.54, 1.807) is 24.3 Å². The molecule has 1 aliphatic rings. The van der Waals surface area contributed by atoms with Gasteiger partial charge in [0.2, 0.25) is 0 Å². The fourth-order valence-electron chi connectivity index (χ4n) is 4.75. The summed E-state index contributed by atoms with van der Waals surface area (Å²) < 4.78 is 5.58. The Morgan fingerprint density at radius 2 is 1.49 bits per heavy atom. The molecule has 37 heavy (non-hydrogen) atoms. The highest BCUT2D eigenvalue weighted by molar-refractivity contribution is 6.12. The second-order valence-electron chi connectivity index (χ2n) is 8.99. The number of carbonyl (C=O) groups is 2. The number of alkyl carbamates (subject to hydrolysis) is 1. The van der Waals surface area contributed by atoms with E-state index in [4.69, 9.17) is 10.5 Å². The zero-order chi connectivity index (χ0) is 25.6. The molecule has 0 unspecified atom stereocenters. The molecule has 0 radical (unpaired) electrons. The van der Waals surface area contributed by atoms with Crippen LogP contribution in [0.5, 0.6) is 0 Å². The SMILES string of the molecule is Nc1ccc(C=CCCNC(=O)OCC2c3ccccc3-c3ccccc32)cc1C(=O)c1ccccc1. The Morgan fingerprint density at radius 1 is 0.838 bits per heavy atom. The molecular weight excluding hydrogens is 460 g/mol. The molecule has 4 aromatic carbocycles. The number of nitrogen functional groups attached to an aromatic ring is 1. The predicted molar refractivity (Wildman–Crippen MR) is 147 cm³/mol. The average Bonchev–Trinajstić information content (AvgIpc) is 3.26. The molecule has 184 valence electrons. The third kappa shape index (κ3) is 5.31. The van der Waals surface area contributed by atoms with Gasteiger partial charge >= 0.3 is 6.09 Å². The first kappa shape index (κ1) is 24.1. The van der Waals surface area contributed by atoms with Crippen LogP contribution in [0.25, 0.3) is 17.2 Å². The van der Waals surface area contributed by atoms with E-state index in [2.05, 4.69) is 29.6 Å². The maximum atomic E-state index is 12.8. The topological polar surface area (TPSA) is 81.4 Å². The molecule has 1 amide bonds. The second kappa shape index (κ2) is 11.0. The lowest BCUT2D eigenvalue weighted by atomic mass is 9.98. The van der Waals surface area contributed by atoms with Crippen LogP contribution in [0, 0.1) is 0 Å². The molecule has 5 rings (SSSR count). The zero-order valence-corrected chi connectivity index (χ0v) is 20.4. The fourth-order valence-corrected chi connectivity index (χ4v) is 4.75. The van der Waals surface area contributed by atoms with Gasteiger partial charge < -0.3 is 15.8 Å². The molecule has 0 aromatic heterocycles. The number of fused-ring (bicyclic) bond motifs is 3. The largest absolute Gasteiger partial charge is 0.449 e. The molecule has 1 aliphatic carbocycles. The van der Waals surface area contributed by atoms with Crippen molar-refractivity contribution in [2.45, 2.75) is 12.3 Å². The highest BCUT2D eigenvalue weighted by atomic mass is 16.5. The Bertz CT molecular complexity index is 1410. The van der Waals surface area contributed by atoms with Gasteiger partial charge in [0.25, 0.3) is 0 Å². The predicted octanol–water partition coefficient (Wildman–Crippen LogP) is 6.44. The minimum absolute atomic E-state index is 0.0383. The number of nitrogens with one attached hydrogen (secondary N) is 1. The molecule has 5 heteroatoms. The third-order valence-corrected chi connectivity index (χ3v) is 6.59. The summed E-state index contributed by atoms with van der Waals surface area (Å²) in [5.74, 6) is -0.0679. The molecule has 0 saturated carbocycles. The summed E-state index contributed by atoms with van der Waals surface area (Å²) >= 11 is 0. The van der Waals surface area contributed by atoms with Crippen molar-refractivity contribution in [2.24, 2.45) is 0 Å².